The van der Waals surface area contributed by atoms with E-state index in [9.17, 15) is 18.0 Å². The van der Waals surface area contributed by atoms with Crippen molar-refractivity contribution in [3.63, 3.8) is 0 Å². The van der Waals surface area contributed by atoms with E-state index in [2.05, 4.69) is 5.32 Å². The Morgan fingerprint density at radius 2 is 1.87 bits per heavy atom. The molecule has 0 saturated carbocycles. The van der Waals surface area contributed by atoms with E-state index in [1.54, 1.807) is 6.92 Å². The van der Waals surface area contributed by atoms with Gasteiger partial charge in [0.1, 0.15) is 6.54 Å². The predicted octanol–water partition coefficient (Wildman–Crippen LogP) is 0.501. The summed E-state index contributed by atoms with van der Waals surface area (Å²) < 4.78 is 31.7. The molecule has 23 heavy (non-hydrogen) atoms. The molecule has 8 heteroatoms. The maximum Gasteiger partial charge on any atom is 0.325 e. The van der Waals surface area contributed by atoms with Crippen LogP contribution in [0.4, 0.5) is 0 Å². The van der Waals surface area contributed by atoms with Gasteiger partial charge in [0, 0.05) is 0 Å². The highest BCUT2D eigenvalue weighted by atomic mass is 32.2. The Bertz CT molecular complexity index is 614. The second kappa shape index (κ2) is 9.26. The van der Waals surface area contributed by atoms with E-state index < -0.39 is 27.9 Å². The van der Waals surface area contributed by atoms with E-state index in [4.69, 9.17) is 8.92 Å². The molecule has 1 aromatic carbocycles. The summed E-state index contributed by atoms with van der Waals surface area (Å²) >= 11 is 0. The van der Waals surface area contributed by atoms with E-state index in [1.165, 1.54) is 0 Å². The molecule has 0 aliphatic carbocycles. The summed E-state index contributed by atoms with van der Waals surface area (Å²) in [6.45, 7) is 1.33. The van der Waals surface area contributed by atoms with E-state index >= 15 is 0 Å². The molecular formula is C15H21NO6S. The zero-order chi connectivity index (χ0) is 17.3. The Morgan fingerprint density at radius 1 is 1.22 bits per heavy atom. The SMILES string of the molecule is CCOC(=O)CNC(=O)[C@@H](COS(C)(=O)=O)Cc1ccccc1. The number of amides is 1. The van der Waals surface area contributed by atoms with Crippen molar-refractivity contribution >= 4 is 22.0 Å². The third-order valence-electron chi connectivity index (χ3n) is 2.89. The number of hydrogen-bond acceptors (Lipinski definition) is 6. The molecule has 0 saturated heterocycles. The molecule has 0 spiro atoms. The largest absolute Gasteiger partial charge is 0.465 e. The molecule has 0 aliphatic heterocycles. The summed E-state index contributed by atoms with van der Waals surface area (Å²) in [6, 6.07) is 9.13. The van der Waals surface area contributed by atoms with E-state index in [-0.39, 0.29) is 19.8 Å². The van der Waals surface area contributed by atoms with Gasteiger partial charge in [-0.15, -0.1) is 0 Å². The van der Waals surface area contributed by atoms with Gasteiger partial charge in [-0.25, -0.2) is 0 Å². The first kappa shape index (κ1) is 19.1. The minimum Gasteiger partial charge on any atom is -0.465 e. The van der Waals surface area contributed by atoms with Crippen molar-refractivity contribution in [1.29, 1.82) is 0 Å². The summed E-state index contributed by atoms with van der Waals surface area (Å²) in [5, 5.41) is 2.44. The summed E-state index contributed by atoms with van der Waals surface area (Å²) in [4.78, 5) is 23.5. The fraction of sp³-hybridized carbons (Fsp3) is 0.467. The number of carbonyl (C=O) groups is 2. The highest BCUT2D eigenvalue weighted by Crippen LogP contribution is 2.11. The molecular weight excluding hydrogens is 322 g/mol. The number of benzene rings is 1. The molecule has 0 heterocycles. The fourth-order valence-electron chi connectivity index (χ4n) is 1.85. The zero-order valence-electron chi connectivity index (χ0n) is 13.2. The Labute approximate surface area is 136 Å². The lowest BCUT2D eigenvalue weighted by atomic mass is 9.99. The van der Waals surface area contributed by atoms with Crippen LogP contribution in [0.5, 0.6) is 0 Å². The van der Waals surface area contributed by atoms with Crippen molar-refractivity contribution in [2.75, 3.05) is 26.0 Å². The molecule has 1 atom stereocenters. The lowest BCUT2D eigenvalue weighted by Crippen LogP contribution is -2.38. The number of esters is 1. The first-order valence-corrected chi connectivity index (χ1v) is 8.95. The molecule has 1 amide bonds. The van der Waals surface area contributed by atoms with Crippen molar-refractivity contribution in [1.82, 2.24) is 5.32 Å². The van der Waals surface area contributed by atoms with Gasteiger partial charge in [-0.1, -0.05) is 30.3 Å². The van der Waals surface area contributed by atoms with Crippen molar-refractivity contribution in [3.8, 4) is 0 Å². The first-order chi connectivity index (χ1) is 10.8. The van der Waals surface area contributed by atoms with Crippen LogP contribution in [0.3, 0.4) is 0 Å². The van der Waals surface area contributed by atoms with Crippen LogP contribution in [-0.4, -0.2) is 46.3 Å². The molecule has 7 nitrogen and oxygen atoms in total. The van der Waals surface area contributed by atoms with E-state index in [0.717, 1.165) is 11.8 Å². The van der Waals surface area contributed by atoms with Crippen molar-refractivity contribution in [3.05, 3.63) is 35.9 Å². The molecule has 0 aromatic heterocycles. The van der Waals surface area contributed by atoms with E-state index in [0.29, 0.717) is 6.42 Å². The highest BCUT2D eigenvalue weighted by molar-refractivity contribution is 7.85. The Kier molecular flexibility index (Phi) is 7.70. The Hall–Kier alpha value is -1.93. The van der Waals surface area contributed by atoms with Gasteiger partial charge in [0.25, 0.3) is 10.1 Å². The van der Waals surface area contributed by atoms with Crippen molar-refractivity contribution in [2.24, 2.45) is 5.92 Å². The number of nitrogens with one attached hydrogen (secondary N) is 1. The molecule has 0 aliphatic rings. The van der Waals surface area contributed by atoms with Gasteiger partial charge < -0.3 is 10.1 Å². The minimum atomic E-state index is -3.66. The summed E-state index contributed by atoms with van der Waals surface area (Å²) in [6.07, 6.45) is 1.22. The first-order valence-electron chi connectivity index (χ1n) is 7.13. The number of carbonyl (C=O) groups excluding carboxylic acids is 2. The van der Waals surface area contributed by atoms with Crippen molar-refractivity contribution in [2.45, 2.75) is 13.3 Å². The summed E-state index contributed by atoms with van der Waals surface area (Å²) in [5.41, 5.74) is 0.862. The number of ether oxygens (including phenoxy) is 1. The molecule has 0 unspecified atom stereocenters. The van der Waals surface area contributed by atoms with Crippen molar-refractivity contribution < 1.29 is 26.9 Å². The van der Waals surface area contributed by atoms with Crippen LogP contribution in [0.1, 0.15) is 12.5 Å². The van der Waals surface area contributed by atoms with Crippen LogP contribution in [-0.2, 0) is 35.0 Å². The summed E-state index contributed by atoms with van der Waals surface area (Å²) in [5.74, 6) is -1.75. The second-order valence-corrected chi connectivity index (χ2v) is 6.54. The molecule has 1 aromatic rings. The zero-order valence-corrected chi connectivity index (χ0v) is 14.0. The van der Waals surface area contributed by atoms with Gasteiger partial charge >= 0.3 is 5.97 Å². The topological polar surface area (TPSA) is 98.8 Å². The molecule has 128 valence electrons. The van der Waals surface area contributed by atoms with Gasteiger partial charge in [0.15, 0.2) is 0 Å². The molecule has 0 fully saturated rings. The standard InChI is InChI=1S/C15H21NO6S/c1-3-21-14(17)10-16-15(18)13(11-22-23(2,19)20)9-12-7-5-4-6-8-12/h4-8,13H,3,9-11H2,1-2H3,(H,16,18)/t13-/m1/s1. The molecule has 0 bridgehead atoms. The molecule has 0 radical (unpaired) electrons. The molecule has 1 rings (SSSR count). The van der Waals surface area contributed by atoms with Crippen LogP contribution < -0.4 is 5.32 Å². The lowest BCUT2D eigenvalue weighted by molar-refractivity contribution is -0.144. The maximum absolute atomic E-state index is 12.2. The monoisotopic (exact) mass is 343 g/mol. The van der Waals surface area contributed by atoms with Crippen LogP contribution in [0.2, 0.25) is 0 Å². The number of rotatable bonds is 9. The lowest BCUT2D eigenvalue weighted by Gasteiger charge is -2.16. The average Bonchev–Trinajstić information content (AvgIpc) is 2.49. The van der Waals surface area contributed by atoms with Crippen LogP contribution >= 0.6 is 0 Å². The van der Waals surface area contributed by atoms with Gasteiger partial charge in [0.2, 0.25) is 5.91 Å². The van der Waals surface area contributed by atoms with Gasteiger partial charge in [-0.05, 0) is 18.9 Å². The molecule has 1 N–H and O–H groups in total. The van der Waals surface area contributed by atoms with Gasteiger partial charge in [-0.2, -0.15) is 8.42 Å². The Morgan fingerprint density at radius 3 is 2.43 bits per heavy atom. The Balaban J connectivity index is 2.69. The summed E-state index contributed by atoms with van der Waals surface area (Å²) in [7, 11) is -3.66. The quantitative estimate of drug-likeness (QED) is 0.518. The van der Waals surface area contributed by atoms with Gasteiger partial charge in [-0.3, -0.25) is 13.8 Å². The third-order valence-corrected chi connectivity index (χ3v) is 3.46. The third kappa shape index (κ3) is 8.32. The fourth-order valence-corrected chi connectivity index (χ4v) is 2.26. The minimum absolute atomic E-state index is 0.222. The second-order valence-electron chi connectivity index (χ2n) is 4.90. The number of hydrogen-bond donors (Lipinski definition) is 1. The van der Waals surface area contributed by atoms with Crippen LogP contribution in [0.15, 0.2) is 30.3 Å². The smallest absolute Gasteiger partial charge is 0.325 e. The van der Waals surface area contributed by atoms with E-state index in [1.807, 2.05) is 30.3 Å². The van der Waals surface area contributed by atoms with Gasteiger partial charge in [0.05, 0.1) is 25.4 Å². The highest BCUT2D eigenvalue weighted by Gasteiger charge is 2.22. The predicted molar refractivity (Wildman–Crippen MR) is 84.1 cm³/mol. The normalized spacial score (nSPS) is 12.4. The average molecular weight is 343 g/mol. The van der Waals surface area contributed by atoms with Crippen LogP contribution in [0.25, 0.3) is 0 Å². The van der Waals surface area contributed by atoms with Crippen LogP contribution in [0, 0.1) is 5.92 Å². The maximum atomic E-state index is 12.2.